The van der Waals surface area contributed by atoms with Crippen molar-refractivity contribution in [2.24, 2.45) is 0 Å². The zero-order valence-electron chi connectivity index (χ0n) is 11.5. The van der Waals surface area contributed by atoms with E-state index >= 15 is 0 Å². The van der Waals surface area contributed by atoms with Gasteiger partial charge in [-0.05, 0) is 29.5 Å². The maximum Gasteiger partial charge on any atom is 0.252 e. The molecule has 1 aliphatic rings. The molecule has 5 heteroatoms. The van der Waals surface area contributed by atoms with Crippen molar-refractivity contribution in [3.05, 3.63) is 57.8 Å². The molecule has 0 aliphatic carbocycles. The zero-order valence-corrected chi connectivity index (χ0v) is 12.3. The highest BCUT2D eigenvalue weighted by molar-refractivity contribution is 7.09. The summed E-state index contributed by atoms with van der Waals surface area (Å²) in [5, 5.41) is 7.69. The smallest absolute Gasteiger partial charge is 0.252 e. The fraction of sp³-hybridized carbons (Fsp3) is 0.250. The van der Waals surface area contributed by atoms with Crippen molar-refractivity contribution in [1.82, 2.24) is 10.6 Å². The molecule has 2 N–H and O–H groups in total. The minimum Gasteiger partial charge on any atom is -0.354 e. The van der Waals surface area contributed by atoms with Crippen molar-refractivity contribution >= 4 is 23.2 Å². The molecule has 2 heterocycles. The van der Waals surface area contributed by atoms with Crippen LogP contribution in [0, 0.1) is 0 Å². The van der Waals surface area contributed by atoms with Crippen molar-refractivity contribution < 1.29 is 9.59 Å². The van der Waals surface area contributed by atoms with E-state index < -0.39 is 6.04 Å². The Labute approximate surface area is 127 Å². The third-order valence-electron chi connectivity index (χ3n) is 3.56. The second-order valence-electron chi connectivity index (χ2n) is 5.01. The highest BCUT2D eigenvalue weighted by atomic mass is 32.1. The Morgan fingerprint density at radius 3 is 2.95 bits per heavy atom. The first kappa shape index (κ1) is 13.8. The van der Waals surface area contributed by atoms with Gasteiger partial charge in [-0.15, -0.1) is 11.3 Å². The summed E-state index contributed by atoms with van der Waals surface area (Å²) in [5.74, 6) is -0.287. The van der Waals surface area contributed by atoms with Crippen LogP contribution in [0.2, 0.25) is 0 Å². The van der Waals surface area contributed by atoms with Gasteiger partial charge < -0.3 is 10.6 Å². The Balaban J connectivity index is 1.58. The van der Waals surface area contributed by atoms with E-state index in [0.29, 0.717) is 18.5 Å². The van der Waals surface area contributed by atoms with Crippen LogP contribution in [-0.4, -0.2) is 24.4 Å². The van der Waals surface area contributed by atoms with E-state index in [4.69, 9.17) is 0 Å². The average Bonchev–Trinajstić information content (AvgIpc) is 3.00. The molecule has 0 saturated carbocycles. The van der Waals surface area contributed by atoms with Crippen LogP contribution in [0.4, 0.5) is 0 Å². The molecule has 4 nitrogen and oxygen atoms in total. The third-order valence-corrected chi connectivity index (χ3v) is 4.49. The fourth-order valence-corrected chi connectivity index (χ4v) is 3.18. The lowest BCUT2D eigenvalue weighted by Gasteiger charge is -2.24. The van der Waals surface area contributed by atoms with Gasteiger partial charge in [-0.3, -0.25) is 9.59 Å². The van der Waals surface area contributed by atoms with Crippen molar-refractivity contribution in [2.75, 3.05) is 6.54 Å². The monoisotopic (exact) mass is 300 g/mol. The number of thiophene rings is 1. The number of carbonyl (C=O) groups is 2. The quantitative estimate of drug-likeness (QED) is 0.904. The van der Waals surface area contributed by atoms with E-state index in [1.807, 2.05) is 29.6 Å². The molecule has 108 valence electrons. The molecular weight excluding hydrogens is 284 g/mol. The number of benzene rings is 1. The predicted molar refractivity (Wildman–Crippen MR) is 82.4 cm³/mol. The van der Waals surface area contributed by atoms with Crippen LogP contribution in [-0.2, 0) is 17.6 Å². The lowest BCUT2D eigenvalue weighted by atomic mass is 9.95. The van der Waals surface area contributed by atoms with Gasteiger partial charge in [0.1, 0.15) is 6.04 Å². The molecule has 2 aromatic rings. The van der Waals surface area contributed by atoms with E-state index in [1.54, 1.807) is 17.4 Å². The number of amides is 2. The zero-order chi connectivity index (χ0) is 14.7. The molecule has 3 rings (SSSR count). The highest BCUT2D eigenvalue weighted by Crippen LogP contribution is 2.16. The topological polar surface area (TPSA) is 58.2 Å². The van der Waals surface area contributed by atoms with Gasteiger partial charge in [0.25, 0.3) is 5.91 Å². The first-order chi connectivity index (χ1) is 10.2. The Kier molecular flexibility index (Phi) is 4.01. The summed E-state index contributed by atoms with van der Waals surface area (Å²) < 4.78 is 0. The van der Waals surface area contributed by atoms with E-state index in [-0.39, 0.29) is 11.8 Å². The summed E-state index contributed by atoms with van der Waals surface area (Å²) in [6.07, 6.45) is 1.37. The van der Waals surface area contributed by atoms with Gasteiger partial charge in [-0.2, -0.15) is 0 Å². The molecule has 1 aromatic heterocycles. The number of fused-ring (bicyclic) bond motifs is 1. The Hall–Kier alpha value is -2.14. The molecule has 1 unspecified atom stereocenters. The molecular formula is C16H16N2O2S. The summed E-state index contributed by atoms with van der Waals surface area (Å²) in [6, 6.07) is 11.0. The summed E-state index contributed by atoms with van der Waals surface area (Å²) >= 11 is 1.68. The van der Waals surface area contributed by atoms with Crippen molar-refractivity contribution in [2.45, 2.75) is 18.9 Å². The van der Waals surface area contributed by atoms with Crippen molar-refractivity contribution in [3.63, 3.8) is 0 Å². The molecule has 1 aromatic carbocycles. The fourth-order valence-electron chi connectivity index (χ4n) is 2.47. The van der Waals surface area contributed by atoms with Crippen molar-refractivity contribution in [1.29, 1.82) is 0 Å². The lowest BCUT2D eigenvalue weighted by molar-refractivity contribution is -0.123. The largest absolute Gasteiger partial charge is 0.354 e. The van der Waals surface area contributed by atoms with Gasteiger partial charge in [-0.1, -0.05) is 24.3 Å². The van der Waals surface area contributed by atoms with Gasteiger partial charge in [-0.25, -0.2) is 0 Å². The Bertz CT molecular complexity index is 652. The number of hydrogen-bond donors (Lipinski definition) is 2. The van der Waals surface area contributed by atoms with Gasteiger partial charge in [0.15, 0.2) is 0 Å². The maximum atomic E-state index is 12.2. The standard InChI is InChI=1S/C16H16N2O2S/c19-15-13-6-2-1-4-11(13)10-14(18-15)16(20)17-8-7-12-5-3-9-21-12/h1-6,9,14H,7-8,10H2,(H,17,20)(H,18,19). The van der Waals surface area contributed by atoms with Gasteiger partial charge >= 0.3 is 0 Å². The summed E-state index contributed by atoms with van der Waals surface area (Å²) in [6.45, 7) is 0.591. The van der Waals surface area contributed by atoms with Crippen LogP contribution < -0.4 is 10.6 Å². The molecule has 0 saturated heterocycles. The first-order valence-electron chi connectivity index (χ1n) is 6.93. The van der Waals surface area contributed by atoms with Crippen LogP contribution in [0.5, 0.6) is 0 Å². The molecule has 0 bridgehead atoms. The molecule has 0 fully saturated rings. The van der Waals surface area contributed by atoms with E-state index in [2.05, 4.69) is 16.7 Å². The van der Waals surface area contributed by atoms with Crippen LogP contribution in [0.15, 0.2) is 41.8 Å². The number of nitrogens with one attached hydrogen (secondary N) is 2. The second-order valence-corrected chi connectivity index (χ2v) is 6.04. The van der Waals surface area contributed by atoms with Crippen LogP contribution in [0.25, 0.3) is 0 Å². The number of carbonyl (C=O) groups excluding carboxylic acids is 2. The molecule has 2 amide bonds. The first-order valence-corrected chi connectivity index (χ1v) is 7.81. The SMILES string of the molecule is O=C1NC(C(=O)NCCc2cccs2)Cc2ccccc21. The molecule has 0 spiro atoms. The summed E-state index contributed by atoms with van der Waals surface area (Å²) in [7, 11) is 0. The third kappa shape index (κ3) is 3.13. The minimum absolute atomic E-state index is 0.116. The second kappa shape index (κ2) is 6.10. The molecule has 1 atom stereocenters. The number of hydrogen-bond acceptors (Lipinski definition) is 3. The normalized spacial score (nSPS) is 17.0. The number of rotatable bonds is 4. The maximum absolute atomic E-state index is 12.2. The molecule has 0 radical (unpaired) electrons. The van der Waals surface area contributed by atoms with Crippen LogP contribution in [0.1, 0.15) is 20.8 Å². The Morgan fingerprint density at radius 1 is 1.29 bits per heavy atom. The molecule has 21 heavy (non-hydrogen) atoms. The average molecular weight is 300 g/mol. The van der Waals surface area contributed by atoms with E-state index in [0.717, 1.165) is 12.0 Å². The Morgan fingerprint density at radius 2 is 2.14 bits per heavy atom. The van der Waals surface area contributed by atoms with Crippen LogP contribution >= 0.6 is 11.3 Å². The van der Waals surface area contributed by atoms with E-state index in [9.17, 15) is 9.59 Å². The minimum atomic E-state index is -0.476. The molecule has 1 aliphatic heterocycles. The lowest BCUT2D eigenvalue weighted by Crippen LogP contribution is -2.51. The van der Waals surface area contributed by atoms with Gasteiger partial charge in [0.05, 0.1) is 0 Å². The van der Waals surface area contributed by atoms with Gasteiger partial charge in [0, 0.05) is 23.4 Å². The summed E-state index contributed by atoms with van der Waals surface area (Å²) in [4.78, 5) is 25.4. The van der Waals surface area contributed by atoms with E-state index in [1.165, 1.54) is 4.88 Å². The van der Waals surface area contributed by atoms with Gasteiger partial charge in [0.2, 0.25) is 5.91 Å². The summed E-state index contributed by atoms with van der Waals surface area (Å²) in [5.41, 5.74) is 1.60. The predicted octanol–water partition coefficient (Wildman–Crippen LogP) is 1.76. The highest BCUT2D eigenvalue weighted by Gasteiger charge is 2.28. The van der Waals surface area contributed by atoms with Crippen LogP contribution in [0.3, 0.4) is 0 Å². The van der Waals surface area contributed by atoms with Crippen molar-refractivity contribution in [3.8, 4) is 0 Å².